The number of aryl methyl sites for hydroxylation is 1. The van der Waals surface area contributed by atoms with Crippen LogP contribution in [0.1, 0.15) is 35.6 Å². The minimum absolute atomic E-state index is 0.286. The first-order valence-electron chi connectivity index (χ1n) is 6.20. The highest BCUT2D eigenvalue weighted by atomic mass is 35.5. The lowest BCUT2D eigenvalue weighted by atomic mass is 9.81. The lowest BCUT2D eigenvalue weighted by Gasteiger charge is -2.24. The van der Waals surface area contributed by atoms with Crippen LogP contribution in [-0.2, 0) is 6.42 Å². The van der Waals surface area contributed by atoms with Gasteiger partial charge in [0.2, 0.25) is 0 Å². The molecule has 0 radical (unpaired) electrons. The van der Waals surface area contributed by atoms with Gasteiger partial charge in [-0.25, -0.2) is 0 Å². The molecule has 0 bridgehead atoms. The number of halogens is 1. The van der Waals surface area contributed by atoms with Crippen LogP contribution in [0.5, 0.6) is 0 Å². The van der Waals surface area contributed by atoms with Crippen LogP contribution >= 0.6 is 11.6 Å². The quantitative estimate of drug-likeness (QED) is 0.894. The molecular formula is C14H15ClN2O. The van der Waals surface area contributed by atoms with Crippen LogP contribution < -0.4 is 5.32 Å². The maximum Gasteiger partial charge on any atom is 0.147 e. The number of aromatic nitrogens is 1. The van der Waals surface area contributed by atoms with Crippen molar-refractivity contribution in [3.63, 3.8) is 0 Å². The predicted octanol–water partition coefficient (Wildman–Crippen LogP) is 3.84. The van der Waals surface area contributed by atoms with E-state index in [4.69, 9.17) is 16.1 Å². The number of rotatable bonds is 2. The second kappa shape index (κ2) is 4.65. The number of nitrogens with zero attached hydrogens (tertiary/aromatic N) is 1. The summed E-state index contributed by atoms with van der Waals surface area (Å²) in [5.74, 6) is 0.286. The number of anilines is 1. The van der Waals surface area contributed by atoms with Gasteiger partial charge in [-0.1, -0.05) is 22.8 Å². The third-order valence-corrected chi connectivity index (χ3v) is 3.85. The Labute approximate surface area is 111 Å². The Kier molecular flexibility index (Phi) is 3.00. The molecule has 1 N–H and O–H groups in total. The molecule has 3 nitrogen and oxygen atoms in total. The molecule has 0 spiro atoms. The topological polar surface area (TPSA) is 38.1 Å². The number of nitrogens with one attached hydrogen (secondary N) is 1. The number of hydrogen-bond donors (Lipinski definition) is 1. The first-order chi connectivity index (χ1) is 8.79. The fourth-order valence-electron chi connectivity index (χ4n) is 2.74. The molecule has 4 heteroatoms. The molecule has 18 heavy (non-hydrogen) atoms. The highest BCUT2D eigenvalue weighted by molar-refractivity contribution is 6.30. The minimum atomic E-state index is 0.286. The average Bonchev–Trinajstić information content (AvgIpc) is 2.86. The smallest absolute Gasteiger partial charge is 0.147 e. The molecule has 3 rings (SSSR count). The van der Waals surface area contributed by atoms with Gasteiger partial charge in [-0.2, -0.15) is 0 Å². The molecule has 0 aliphatic heterocycles. The molecule has 1 aromatic carbocycles. The van der Waals surface area contributed by atoms with Crippen molar-refractivity contribution < 1.29 is 4.52 Å². The second-order valence-corrected chi connectivity index (χ2v) is 5.09. The van der Waals surface area contributed by atoms with E-state index in [-0.39, 0.29) is 5.92 Å². The Morgan fingerprint density at radius 3 is 3.17 bits per heavy atom. The van der Waals surface area contributed by atoms with Crippen molar-refractivity contribution in [3.05, 3.63) is 46.3 Å². The maximum absolute atomic E-state index is 6.12. The van der Waals surface area contributed by atoms with Gasteiger partial charge in [-0.05, 0) is 42.5 Å². The van der Waals surface area contributed by atoms with Gasteiger partial charge in [0.15, 0.2) is 0 Å². The number of benzene rings is 1. The Morgan fingerprint density at radius 1 is 1.44 bits per heavy atom. The van der Waals surface area contributed by atoms with Crippen molar-refractivity contribution in [2.75, 3.05) is 12.4 Å². The zero-order valence-electron chi connectivity index (χ0n) is 10.2. The summed E-state index contributed by atoms with van der Waals surface area (Å²) >= 11 is 6.12. The van der Waals surface area contributed by atoms with Crippen molar-refractivity contribution in [3.8, 4) is 0 Å². The summed E-state index contributed by atoms with van der Waals surface area (Å²) in [5, 5.41) is 8.07. The molecule has 0 saturated carbocycles. The van der Waals surface area contributed by atoms with Gasteiger partial charge in [0.25, 0.3) is 0 Å². The summed E-state index contributed by atoms with van der Waals surface area (Å²) in [5.41, 5.74) is 4.62. The van der Waals surface area contributed by atoms with Crippen molar-refractivity contribution in [2.45, 2.75) is 25.2 Å². The van der Waals surface area contributed by atoms with Gasteiger partial charge in [-0.3, -0.25) is 0 Å². The van der Waals surface area contributed by atoms with E-state index >= 15 is 0 Å². The van der Waals surface area contributed by atoms with Gasteiger partial charge in [0.05, 0.1) is 5.69 Å². The van der Waals surface area contributed by atoms with Crippen molar-refractivity contribution in [2.24, 2.45) is 0 Å². The van der Waals surface area contributed by atoms with Gasteiger partial charge < -0.3 is 9.84 Å². The molecule has 1 aromatic heterocycles. The molecular weight excluding hydrogens is 248 g/mol. The average molecular weight is 263 g/mol. The molecule has 2 aromatic rings. The largest absolute Gasteiger partial charge is 0.384 e. The van der Waals surface area contributed by atoms with E-state index in [0.717, 1.165) is 29.2 Å². The van der Waals surface area contributed by atoms with E-state index in [2.05, 4.69) is 22.6 Å². The van der Waals surface area contributed by atoms with Gasteiger partial charge in [-0.15, -0.1) is 0 Å². The number of fused-ring (bicyclic) bond motifs is 1. The SMILES string of the molecule is CNc1conc1C1CCCc2ccc(Cl)cc21. The molecule has 1 atom stereocenters. The third kappa shape index (κ3) is 1.89. The third-order valence-electron chi connectivity index (χ3n) is 3.62. The van der Waals surface area contributed by atoms with Crippen molar-refractivity contribution in [1.29, 1.82) is 0 Å². The van der Waals surface area contributed by atoms with Gasteiger partial charge in [0, 0.05) is 18.0 Å². The van der Waals surface area contributed by atoms with Gasteiger partial charge in [0.1, 0.15) is 12.0 Å². The lowest BCUT2D eigenvalue weighted by Crippen LogP contribution is -2.12. The summed E-state index contributed by atoms with van der Waals surface area (Å²) in [6.45, 7) is 0. The molecule has 0 saturated heterocycles. The van der Waals surface area contributed by atoms with Crippen LogP contribution in [-0.4, -0.2) is 12.2 Å². The van der Waals surface area contributed by atoms with E-state index in [0.29, 0.717) is 0 Å². The van der Waals surface area contributed by atoms with Gasteiger partial charge >= 0.3 is 0 Å². The summed E-state index contributed by atoms with van der Waals surface area (Å²) in [7, 11) is 1.89. The van der Waals surface area contributed by atoms with Crippen LogP contribution in [0.25, 0.3) is 0 Å². The Bertz CT molecular complexity index is 565. The Morgan fingerprint density at radius 2 is 2.33 bits per heavy atom. The first-order valence-corrected chi connectivity index (χ1v) is 6.57. The fourth-order valence-corrected chi connectivity index (χ4v) is 2.92. The molecule has 1 aliphatic carbocycles. The molecule has 1 unspecified atom stereocenters. The highest BCUT2D eigenvalue weighted by Gasteiger charge is 2.26. The molecule has 1 aliphatic rings. The van der Waals surface area contributed by atoms with Crippen LogP contribution in [0.15, 0.2) is 29.0 Å². The minimum Gasteiger partial charge on any atom is -0.384 e. The Hall–Kier alpha value is -1.48. The summed E-state index contributed by atoms with van der Waals surface area (Å²) < 4.78 is 5.09. The molecule has 1 heterocycles. The van der Waals surface area contributed by atoms with Crippen LogP contribution in [0, 0.1) is 0 Å². The summed E-state index contributed by atoms with van der Waals surface area (Å²) in [6.07, 6.45) is 5.05. The summed E-state index contributed by atoms with van der Waals surface area (Å²) in [4.78, 5) is 0. The van der Waals surface area contributed by atoms with E-state index in [1.165, 1.54) is 17.5 Å². The molecule has 0 amide bonds. The van der Waals surface area contributed by atoms with Crippen molar-refractivity contribution >= 4 is 17.3 Å². The molecule has 94 valence electrons. The van der Waals surface area contributed by atoms with E-state index in [1.807, 2.05) is 13.1 Å². The monoisotopic (exact) mass is 262 g/mol. The first kappa shape index (κ1) is 11.6. The predicted molar refractivity (Wildman–Crippen MR) is 72.3 cm³/mol. The second-order valence-electron chi connectivity index (χ2n) is 4.65. The lowest BCUT2D eigenvalue weighted by molar-refractivity contribution is 0.404. The zero-order chi connectivity index (χ0) is 12.5. The van der Waals surface area contributed by atoms with E-state index in [9.17, 15) is 0 Å². The van der Waals surface area contributed by atoms with Crippen LogP contribution in [0.3, 0.4) is 0 Å². The zero-order valence-corrected chi connectivity index (χ0v) is 11.0. The Balaban J connectivity index is 2.08. The maximum atomic E-state index is 6.12. The van der Waals surface area contributed by atoms with Crippen LogP contribution in [0.2, 0.25) is 5.02 Å². The summed E-state index contributed by atoms with van der Waals surface area (Å²) in [6, 6.07) is 6.16. The van der Waals surface area contributed by atoms with Crippen molar-refractivity contribution in [1.82, 2.24) is 5.16 Å². The molecule has 0 fully saturated rings. The standard InChI is InChI=1S/C14H15ClN2O/c1-16-13-8-18-17-14(13)11-4-2-3-9-5-6-10(15)7-12(9)11/h5-8,11,16H,2-4H2,1H3. The van der Waals surface area contributed by atoms with E-state index in [1.54, 1.807) is 6.26 Å². The fraction of sp³-hybridized carbons (Fsp3) is 0.357. The normalized spacial score (nSPS) is 18.4. The van der Waals surface area contributed by atoms with E-state index < -0.39 is 0 Å². The number of hydrogen-bond acceptors (Lipinski definition) is 3. The highest BCUT2D eigenvalue weighted by Crippen LogP contribution is 2.39. The van der Waals surface area contributed by atoms with Crippen LogP contribution in [0.4, 0.5) is 5.69 Å².